The van der Waals surface area contributed by atoms with Crippen LogP contribution < -0.4 is 5.73 Å². The van der Waals surface area contributed by atoms with Crippen molar-refractivity contribution >= 4 is 5.69 Å². The molecular weight excluding hydrogens is 196 g/mol. The molecule has 1 saturated heterocycles. The van der Waals surface area contributed by atoms with E-state index in [0.29, 0.717) is 6.04 Å². The molecule has 1 unspecified atom stereocenters. The number of nitrogen functional groups attached to an aromatic ring is 1. The number of hydrogen-bond donors (Lipinski definition) is 1. The number of hydrogen-bond acceptors (Lipinski definition) is 2. The molecule has 2 aliphatic rings. The molecule has 3 rings (SSSR count). The molecule has 0 spiro atoms. The van der Waals surface area contributed by atoms with Crippen molar-refractivity contribution in [3.63, 3.8) is 0 Å². The Balaban J connectivity index is 1.86. The maximum atomic E-state index is 5.90. The molecule has 1 atom stereocenters. The summed E-state index contributed by atoms with van der Waals surface area (Å²) in [5, 5.41) is 0. The lowest BCUT2D eigenvalue weighted by atomic mass is 10.0. The van der Waals surface area contributed by atoms with Crippen LogP contribution in [0.1, 0.15) is 42.9 Å². The average molecular weight is 216 g/mol. The molecular formula is C14H20N2. The van der Waals surface area contributed by atoms with Gasteiger partial charge in [-0.3, -0.25) is 4.90 Å². The van der Waals surface area contributed by atoms with Crippen molar-refractivity contribution in [3.8, 4) is 0 Å². The van der Waals surface area contributed by atoms with E-state index in [1.54, 1.807) is 0 Å². The van der Waals surface area contributed by atoms with Crippen LogP contribution in [0.4, 0.5) is 5.69 Å². The number of aryl methyl sites for hydroxylation is 1. The van der Waals surface area contributed by atoms with E-state index in [1.165, 1.54) is 56.3 Å². The molecule has 0 amide bonds. The fourth-order valence-corrected chi connectivity index (χ4v) is 3.21. The van der Waals surface area contributed by atoms with E-state index in [0.717, 1.165) is 5.69 Å². The molecule has 2 heteroatoms. The standard InChI is InChI=1S/C14H20N2/c15-12-6-4-11-5-7-14(13(11)10-12)16-8-2-1-3-9-16/h4,6,10,14H,1-3,5,7-9,15H2. The second-order valence-electron chi connectivity index (χ2n) is 5.11. The number of anilines is 1. The van der Waals surface area contributed by atoms with Crippen LogP contribution in [0.2, 0.25) is 0 Å². The quantitative estimate of drug-likeness (QED) is 0.731. The molecule has 2 nitrogen and oxygen atoms in total. The van der Waals surface area contributed by atoms with Gasteiger partial charge in [0.1, 0.15) is 0 Å². The van der Waals surface area contributed by atoms with E-state index in [4.69, 9.17) is 5.73 Å². The molecule has 0 bridgehead atoms. The fourth-order valence-electron chi connectivity index (χ4n) is 3.21. The highest BCUT2D eigenvalue weighted by molar-refractivity contribution is 5.48. The van der Waals surface area contributed by atoms with Gasteiger partial charge < -0.3 is 5.73 Å². The van der Waals surface area contributed by atoms with Crippen molar-refractivity contribution in [2.24, 2.45) is 0 Å². The highest BCUT2D eigenvalue weighted by atomic mass is 15.2. The Morgan fingerprint density at radius 2 is 1.94 bits per heavy atom. The molecule has 1 aliphatic heterocycles. The minimum absolute atomic E-state index is 0.652. The van der Waals surface area contributed by atoms with E-state index in [2.05, 4.69) is 17.0 Å². The summed E-state index contributed by atoms with van der Waals surface area (Å²) >= 11 is 0. The number of benzene rings is 1. The zero-order valence-electron chi connectivity index (χ0n) is 9.78. The summed E-state index contributed by atoms with van der Waals surface area (Å²) in [4.78, 5) is 2.66. The molecule has 2 N–H and O–H groups in total. The van der Waals surface area contributed by atoms with Gasteiger partial charge >= 0.3 is 0 Å². The Kier molecular flexibility index (Phi) is 2.60. The Hall–Kier alpha value is -1.02. The van der Waals surface area contributed by atoms with Crippen molar-refractivity contribution in [2.75, 3.05) is 18.8 Å². The van der Waals surface area contributed by atoms with Gasteiger partial charge in [0.05, 0.1) is 0 Å². The van der Waals surface area contributed by atoms with Gasteiger partial charge in [-0.25, -0.2) is 0 Å². The Morgan fingerprint density at radius 1 is 1.12 bits per heavy atom. The summed E-state index contributed by atoms with van der Waals surface area (Å²) in [6.45, 7) is 2.55. The minimum atomic E-state index is 0.652. The first-order valence-corrected chi connectivity index (χ1v) is 6.47. The van der Waals surface area contributed by atoms with Gasteiger partial charge in [0.25, 0.3) is 0 Å². The number of fused-ring (bicyclic) bond motifs is 1. The summed E-state index contributed by atoms with van der Waals surface area (Å²) in [6.07, 6.45) is 6.67. The predicted molar refractivity (Wildman–Crippen MR) is 67.3 cm³/mol. The van der Waals surface area contributed by atoms with Crippen LogP contribution in [0, 0.1) is 0 Å². The molecule has 0 aromatic heterocycles. The van der Waals surface area contributed by atoms with Crippen molar-refractivity contribution in [1.29, 1.82) is 0 Å². The highest BCUT2D eigenvalue weighted by Gasteiger charge is 2.28. The van der Waals surface area contributed by atoms with Crippen molar-refractivity contribution in [2.45, 2.75) is 38.1 Å². The van der Waals surface area contributed by atoms with E-state index >= 15 is 0 Å². The first kappa shape index (κ1) is 10.2. The van der Waals surface area contributed by atoms with Gasteiger partial charge in [0.2, 0.25) is 0 Å². The van der Waals surface area contributed by atoms with Crippen molar-refractivity contribution in [3.05, 3.63) is 29.3 Å². The van der Waals surface area contributed by atoms with Gasteiger partial charge in [-0.15, -0.1) is 0 Å². The lowest BCUT2D eigenvalue weighted by Gasteiger charge is -2.32. The topological polar surface area (TPSA) is 29.3 Å². The van der Waals surface area contributed by atoms with Crippen LogP contribution in [0.25, 0.3) is 0 Å². The third kappa shape index (κ3) is 1.71. The molecule has 0 saturated carbocycles. The van der Waals surface area contributed by atoms with E-state index in [1.807, 2.05) is 6.07 Å². The van der Waals surface area contributed by atoms with Gasteiger partial charge in [-0.05, 0) is 62.0 Å². The zero-order chi connectivity index (χ0) is 11.0. The summed E-state index contributed by atoms with van der Waals surface area (Å²) < 4.78 is 0. The largest absolute Gasteiger partial charge is 0.399 e. The highest BCUT2D eigenvalue weighted by Crippen LogP contribution is 2.37. The molecule has 1 fully saturated rings. The predicted octanol–water partition coefficient (Wildman–Crippen LogP) is 2.74. The number of rotatable bonds is 1. The maximum Gasteiger partial charge on any atom is 0.0354 e. The molecule has 1 heterocycles. The van der Waals surface area contributed by atoms with E-state index < -0.39 is 0 Å². The van der Waals surface area contributed by atoms with Gasteiger partial charge in [-0.2, -0.15) is 0 Å². The summed E-state index contributed by atoms with van der Waals surface area (Å²) in [7, 11) is 0. The van der Waals surface area contributed by atoms with Crippen LogP contribution in [0.5, 0.6) is 0 Å². The summed E-state index contributed by atoms with van der Waals surface area (Å²) in [5.41, 5.74) is 9.84. The fraction of sp³-hybridized carbons (Fsp3) is 0.571. The molecule has 1 aliphatic carbocycles. The number of nitrogens with zero attached hydrogens (tertiary/aromatic N) is 1. The van der Waals surface area contributed by atoms with Gasteiger partial charge in [0, 0.05) is 11.7 Å². The first-order valence-electron chi connectivity index (χ1n) is 6.47. The second kappa shape index (κ2) is 4.10. The third-order valence-electron chi connectivity index (χ3n) is 4.05. The Morgan fingerprint density at radius 3 is 2.75 bits per heavy atom. The van der Waals surface area contributed by atoms with Crippen LogP contribution in [0.3, 0.4) is 0 Å². The normalized spacial score (nSPS) is 25.6. The smallest absolute Gasteiger partial charge is 0.0354 e. The lowest BCUT2D eigenvalue weighted by Crippen LogP contribution is -2.32. The molecule has 1 aromatic rings. The lowest BCUT2D eigenvalue weighted by molar-refractivity contribution is 0.163. The molecule has 86 valence electrons. The molecule has 0 radical (unpaired) electrons. The summed E-state index contributed by atoms with van der Waals surface area (Å²) in [6, 6.07) is 7.10. The van der Waals surface area contributed by atoms with Crippen molar-refractivity contribution < 1.29 is 0 Å². The SMILES string of the molecule is Nc1ccc2c(c1)C(N1CCCCC1)CC2. The maximum absolute atomic E-state index is 5.90. The zero-order valence-corrected chi connectivity index (χ0v) is 9.78. The summed E-state index contributed by atoms with van der Waals surface area (Å²) in [5.74, 6) is 0. The number of nitrogens with two attached hydrogens (primary N) is 1. The number of likely N-dealkylation sites (tertiary alicyclic amines) is 1. The average Bonchev–Trinajstić information content (AvgIpc) is 2.73. The minimum Gasteiger partial charge on any atom is -0.399 e. The van der Waals surface area contributed by atoms with Crippen molar-refractivity contribution in [1.82, 2.24) is 4.90 Å². The number of piperidine rings is 1. The molecule has 16 heavy (non-hydrogen) atoms. The Labute approximate surface area is 97.4 Å². The molecule has 1 aromatic carbocycles. The van der Waals surface area contributed by atoms with Crippen LogP contribution in [-0.4, -0.2) is 18.0 Å². The van der Waals surface area contributed by atoms with Crippen LogP contribution in [-0.2, 0) is 6.42 Å². The monoisotopic (exact) mass is 216 g/mol. The first-order chi connectivity index (χ1) is 7.84. The van der Waals surface area contributed by atoms with Gasteiger partial charge in [0.15, 0.2) is 0 Å². The second-order valence-corrected chi connectivity index (χ2v) is 5.11. The van der Waals surface area contributed by atoms with Gasteiger partial charge in [-0.1, -0.05) is 12.5 Å². The Bertz CT molecular complexity index is 380. The van der Waals surface area contributed by atoms with Crippen LogP contribution in [0.15, 0.2) is 18.2 Å². The van der Waals surface area contributed by atoms with Crippen LogP contribution >= 0.6 is 0 Å². The van der Waals surface area contributed by atoms with E-state index in [-0.39, 0.29) is 0 Å². The third-order valence-corrected chi connectivity index (χ3v) is 4.05. The van der Waals surface area contributed by atoms with E-state index in [9.17, 15) is 0 Å².